The Bertz CT molecular complexity index is 501. The first kappa shape index (κ1) is 11.7. The predicted octanol–water partition coefficient (Wildman–Crippen LogP) is 1.88. The Morgan fingerprint density at radius 2 is 2.20 bits per heavy atom. The maximum absolute atomic E-state index is 11.4. The third-order valence-corrected chi connectivity index (χ3v) is 3.75. The number of sulfone groups is 1. The van der Waals surface area contributed by atoms with Gasteiger partial charge in [-0.2, -0.15) is 0 Å². The molecule has 0 aliphatic heterocycles. The van der Waals surface area contributed by atoms with E-state index in [1.807, 2.05) is 0 Å². The largest absolute Gasteiger partial charge is 0.273 e. The molecule has 1 aromatic heterocycles. The molecule has 80 valence electrons. The minimum atomic E-state index is -3.06. The first-order chi connectivity index (χ1) is 6.98. The topological polar surface area (TPSA) is 51.4 Å². The van der Waals surface area contributed by atoms with Crippen LogP contribution >= 0.6 is 0 Å². The van der Waals surface area contributed by atoms with Crippen molar-refractivity contribution in [2.75, 3.05) is 5.75 Å². The molecule has 0 aliphatic rings. The zero-order valence-electron chi connectivity index (χ0n) is 8.69. The molecule has 1 aromatic rings. The first-order valence-corrected chi connectivity index (χ1v) is 6.34. The molecule has 0 bridgehead atoms. The lowest BCUT2D eigenvalue weighted by Crippen LogP contribution is -2.08. The number of hydrogen-bond donors (Lipinski definition) is 0. The molecule has 0 saturated carbocycles. The number of rotatable bonds is 3. The number of hydrogen-bond acceptors (Lipinski definition) is 3. The van der Waals surface area contributed by atoms with Crippen LogP contribution in [0.3, 0.4) is 0 Å². The zero-order chi connectivity index (χ0) is 11.5. The Balaban J connectivity index is 3.10. The molecule has 0 atom stereocenters. The normalized spacial score (nSPS) is 11.0. The molecule has 1 rings (SSSR count). The van der Waals surface area contributed by atoms with Gasteiger partial charge in [-0.15, -0.1) is 0 Å². The summed E-state index contributed by atoms with van der Waals surface area (Å²) in [6, 6.07) is 1.59. The van der Waals surface area contributed by atoms with E-state index in [1.54, 1.807) is 19.9 Å². The fourth-order valence-electron chi connectivity index (χ4n) is 1.11. The Morgan fingerprint density at radius 1 is 1.53 bits per heavy atom. The van der Waals surface area contributed by atoms with Crippen LogP contribution in [-0.2, 0) is 15.6 Å². The van der Waals surface area contributed by atoms with Gasteiger partial charge in [-0.1, -0.05) is 6.92 Å². The van der Waals surface area contributed by atoms with Crippen LogP contribution in [0.15, 0.2) is 12.3 Å². The maximum atomic E-state index is 11.4. The molecule has 0 aliphatic carbocycles. The highest BCUT2D eigenvalue weighted by Crippen LogP contribution is 2.17. The number of aryl methyl sites for hydroxylation is 1. The predicted molar refractivity (Wildman–Crippen MR) is 58.4 cm³/mol. The summed E-state index contributed by atoms with van der Waals surface area (Å²) in [4.78, 5) is 7.21. The highest BCUT2D eigenvalue weighted by atomic mass is 32.2. The molecule has 1 heterocycles. The molecule has 0 unspecified atom stereocenters. The van der Waals surface area contributed by atoms with E-state index < -0.39 is 9.84 Å². The first-order valence-electron chi connectivity index (χ1n) is 4.52. The van der Waals surface area contributed by atoms with Gasteiger partial charge < -0.3 is 0 Å². The van der Waals surface area contributed by atoms with Crippen LogP contribution < -0.4 is 0 Å². The van der Waals surface area contributed by atoms with Crippen LogP contribution in [0.5, 0.6) is 0 Å². The minimum Gasteiger partial charge on any atom is -0.273 e. The second-order valence-corrected chi connectivity index (χ2v) is 5.58. The standard InChI is InChI=1S/C10H12N2O2S/c1-4-15(13,14)7-9-5-10(11-3)6-12-8(9)2/h5-6H,4,7H2,1-2H3. The Morgan fingerprint density at radius 3 is 2.73 bits per heavy atom. The molecule has 0 aromatic carbocycles. The SMILES string of the molecule is [C-]#[N+]c1cnc(C)c(CS(=O)(=O)CC)c1. The Hall–Kier alpha value is -1.41. The van der Waals surface area contributed by atoms with E-state index in [2.05, 4.69) is 9.83 Å². The number of aromatic nitrogens is 1. The fraction of sp³-hybridized carbons (Fsp3) is 0.400. The third kappa shape index (κ3) is 3.03. The Kier molecular flexibility index (Phi) is 3.43. The second kappa shape index (κ2) is 4.41. The van der Waals surface area contributed by atoms with Gasteiger partial charge in [0.25, 0.3) is 0 Å². The minimum absolute atomic E-state index is 0.0360. The lowest BCUT2D eigenvalue weighted by molar-refractivity contribution is 0.596. The summed E-state index contributed by atoms with van der Waals surface area (Å²) in [7, 11) is -3.06. The van der Waals surface area contributed by atoms with E-state index in [0.717, 1.165) is 0 Å². The van der Waals surface area contributed by atoms with Gasteiger partial charge in [0.15, 0.2) is 9.84 Å². The lowest BCUT2D eigenvalue weighted by Gasteiger charge is -2.05. The van der Waals surface area contributed by atoms with Gasteiger partial charge in [0.1, 0.15) is 0 Å². The molecule has 0 N–H and O–H groups in total. The maximum Gasteiger partial charge on any atom is 0.205 e. The summed E-state index contributed by atoms with van der Waals surface area (Å²) in [5.41, 5.74) is 1.66. The average Bonchev–Trinajstić information content (AvgIpc) is 2.21. The van der Waals surface area contributed by atoms with Crippen molar-refractivity contribution in [3.8, 4) is 0 Å². The summed E-state index contributed by atoms with van der Waals surface area (Å²) in [6.07, 6.45) is 1.45. The van der Waals surface area contributed by atoms with E-state index >= 15 is 0 Å². The van der Waals surface area contributed by atoms with Crippen molar-refractivity contribution in [3.05, 3.63) is 34.9 Å². The van der Waals surface area contributed by atoms with Crippen LogP contribution in [0.25, 0.3) is 4.85 Å². The summed E-state index contributed by atoms with van der Waals surface area (Å²) in [5.74, 6) is 0.0698. The summed E-state index contributed by atoms with van der Waals surface area (Å²) in [6.45, 7) is 10.2. The van der Waals surface area contributed by atoms with Crippen molar-refractivity contribution in [2.45, 2.75) is 19.6 Å². The molecule has 0 amide bonds. The molecule has 5 heteroatoms. The van der Waals surface area contributed by atoms with Gasteiger partial charge in [-0.05, 0) is 18.6 Å². The molecular weight excluding hydrogens is 212 g/mol. The van der Waals surface area contributed by atoms with E-state index in [4.69, 9.17) is 6.57 Å². The summed E-state index contributed by atoms with van der Waals surface area (Å²) >= 11 is 0. The summed E-state index contributed by atoms with van der Waals surface area (Å²) < 4.78 is 22.8. The molecule has 0 saturated heterocycles. The van der Waals surface area contributed by atoms with Gasteiger partial charge in [-0.25, -0.2) is 13.3 Å². The van der Waals surface area contributed by atoms with E-state index in [1.165, 1.54) is 6.20 Å². The van der Waals surface area contributed by atoms with Gasteiger partial charge >= 0.3 is 0 Å². The van der Waals surface area contributed by atoms with Crippen LogP contribution in [0.1, 0.15) is 18.2 Å². The van der Waals surface area contributed by atoms with Crippen LogP contribution in [0.4, 0.5) is 5.69 Å². The van der Waals surface area contributed by atoms with E-state index in [9.17, 15) is 8.42 Å². The van der Waals surface area contributed by atoms with Gasteiger partial charge in [-0.3, -0.25) is 4.98 Å². The molecular formula is C10H12N2O2S. The molecule has 4 nitrogen and oxygen atoms in total. The highest BCUT2D eigenvalue weighted by molar-refractivity contribution is 7.90. The summed E-state index contributed by atoms with van der Waals surface area (Å²) in [5, 5.41) is 0. The van der Waals surface area contributed by atoms with Gasteiger partial charge in [0, 0.05) is 17.6 Å². The molecule has 15 heavy (non-hydrogen) atoms. The van der Waals surface area contributed by atoms with Crippen molar-refractivity contribution in [1.29, 1.82) is 0 Å². The van der Waals surface area contributed by atoms with Crippen LogP contribution in [-0.4, -0.2) is 19.2 Å². The van der Waals surface area contributed by atoms with Crippen LogP contribution in [0, 0.1) is 13.5 Å². The quantitative estimate of drug-likeness (QED) is 0.736. The van der Waals surface area contributed by atoms with Crippen molar-refractivity contribution in [3.63, 3.8) is 0 Å². The average molecular weight is 224 g/mol. The smallest absolute Gasteiger partial charge is 0.205 e. The third-order valence-electron chi connectivity index (χ3n) is 2.12. The van der Waals surface area contributed by atoms with Gasteiger partial charge in [0.05, 0.1) is 12.3 Å². The van der Waals surface area contributed by atoms with Crippen molar-refractivity contribution in [1.82, 2.24) is 4.98 Å². The monoisotopic (exact) mass is 224 g/mol. The van der Waals surface area contributed by atoms with E-state index in [0.29, 0.717) is 16.9 Å². The molecule has 0 radical (unpaired) electrons. The number of nitrogens with zero attached hydrogens (tertiary/aromatic N) is 2. The van der Waals surface area contributed by atoms with E-state index in [-0.39, 0.29) is 11.5 Å². The Labute approximate surface area is 89.7 Å². The number of pyridine rings is 1. The van der Waals surface area contributed by atoms with Crippen LogP contribution in [0.2, 0.25) is 0 Å². The lowest BCUT2D eigenvalue weighted by atomic mass is 10.2. The molecule has 0 fully saturated rings. The fourth-order valence-corrected chi connectivity index (χ4v) is 2.08. The van der Waals surface area contributed by atoms with Crippen molar-refractivity contribution in [2.24, 2.45) is 0 Å². The highest BCUT2D eigenvalue weighted by Gasteiger charge is 2.11. The zero-order valence-corrected chi connectivity index (χ0v) is 9.50. The molecule has 0 spiro atoms. The second-order valence-electron chi connectivity index (χ2n) is 3.23. The van der Waals surface area contributed by atoms with Crippen molar-refractivity contribution >= 4 is 15.5 Å². The van der Waals surface area contributed by atoms with Gasteiger partial charge in [0.2, 0.25) is 5.69 Å². The van der Waals surface area contributed by atoms with Crippen molar-refractivity contribution < 1.29 is 8.42 Å².